The minimum absolute atomic E-state index is 0.218. The van der Waals surface area contributed by atoms with Crippen molar-refractivity contribution in [3.05, 3.63) is 24.4 Å². The Balaban J connectivity index is 2.25. The molecule has 2 aromatic heterocycles. The van der Waals surface area contributed by atoms with Crippen LogP contribution in [0.1, 0.15) is 20.3 Å². The van der Waals surface area contributed by atoms with E-state index in [0.29, 0.717) is 5.88 Å². The summed E-state index contributed by atoms with van der Waals surface area (Å²) in [5, 5.41) is 1.11. The van der Waals surface area contributed by atoms with E-state index in [9.17, 15) is 0 Å². The van der Waals surface area contributed by atoms with E-state index in [0.717, 1.165) is 17.5 Å². The lowest BCUT2D eigenvalue weighted by Gasteiger charge is -2.10. The highest BCUT2D eigenvalue weighted by Gasteiger charge is 2.03. The number of fused-ring (bicyclic) bond motifs is 1. The van der Waals surface area contributed by atoms with Crippen molar-refractivity contribution in [3.63, 3.8) is 0 Å². The molecule has 2 heterocycles. The molecule has 0 spiro atoms. The maximum atomic E-state index is 5.61. The minimum Gasteiger partial charge on any atom is -0.475 e. The third kappa shape index (κ3) is 1.71. The molecule has 14 heavy (non-hydrogen) atoms. The van der Waals surface area contributed by atoms with Gasteiger partial charge in [-0.25, -0.2) is 0 Å². The third-order valence-electron chi connectivity index (χ3n) is 2.28. The molecule has 74 valence electrons. The fourth-order valence-electron chi connectivity index (χ4n) is 1.27. The van der Waals surface area contributed by atoms with E-state index in [4.69, 9.17) is 4.74 Å². The topological polar surface area (TPSA) is 37.9 Å². The van der Waals surface area contributed by atoms with Gasteiger partial charge < -0.3 is 9.72 Å². The highest BCUT2D eigenvalue weighted by Crippen LogP contribution is 2.16. The minimum atomic E-state index is 0.218. The van der Waals surface area contributed by atoms with Crippen LogP contribution >= 0.6 is 0 Å². The summed E-state index contributed by atoms with van der Waals surface area (Å²) in [6.45, 7) is 4.14. The monoisotopic (exact) mass is 190 g/mol. The van der Waals surface area contributed by atoms with Crippen molar-refractivity contribution >= 4 is 11.0 Å². The second kappa shape index (κ2) is 3.70. The zero-order valence-corrected chi connectivity index (χ0v) is 8.45. The van der Waals surface area contributed by atoms with Crippen LogP contribution in [-0.4, -0.2) is 16.1 Å². The number of ether oxygens (including phenoxy) is 1. The molecular formula is C11H14N2O. The van der Waals surface area contributed by atoms with E-state index in [-0.39, 0.29) is 6.10 Å². The van der Waals surface area contributed by atoms with Gasteiger partial charge in [-0.05, 0) is 25.5 Å². The van der Waals surface area contributed by atoms with E-state index in [2.05, 4.69) is 16.9 Å². The molecule has 1 atom stereocenters. The molecule has 1 N–H and O–H groups in total. The molecule has 0 saturated heterocycles. The number of rotatable bonds is 3. The van der Waals surface area contributed by atoms with Crippen LogP contribution in [0.15, 0.2) is 24.4 Å². The van der Waals surface area contributed by atoms with Gasteiger partial charge in [0, 0.05) is 17.6 Å². The maximum absolute atomic E-state index is 5.61. The summed E-state index contributed by atoms with van der Waals surface area (Å²) in [6.07, 6.45) is 3.09. The van der Waals surface area contributed by atoms with Crippen LogP contribution in [0.5, 0.6) is 5.88 Å². The number of hydrogen-bond donors (Lipinski definition) is 1. The quantitative estimate of drug-likeness (QED) is 0.808. The van der Waals surface area contributed by atoms with Crippen molar-refractivity contribution in [3.8, 4) is 5.88 Å². The lowest BCUT2D eigenvalue weighted by atomic mass is 10.3. The summed E-state index contributed by atoms with van der Waals surface area (Å²) in [4.78, 5) is 7.41. The van der Waals surface area contributed by atoms with Gasteiger partial charge in [-0.15, -0.1) is 0 Å². The number of hydrogen-bond acceptors (Lipinski definition) is 2. The summed E-state index contributed by atoms with van der Waals surface area (Å²) in [7, 11) is 0. The molecule has 0 saturated carbocycles. The molecule has 0 amide bonds. The summed E-state index contributed by atoms with van der Waals surface area (Å²) in [5.41, 5.74) is 0.880. The molecule has 0 fully saturated rings. The molecule has 0 aliphatic heterocycles. The van der Waals surface area contributed by atoms with Gasteiger partial charge in [-0.3, -0.25) is 0 Å². The summed E-state index contributed by atoms with van der Waals surface area (Å²) >= 11 is 0. The predicted octanol–water partition coefficient (Wildman–Crippen LogP) is 2.74. The van der Waals surface area contributed by atoms with E-state index >= 15 is 0 Å². The summed E-state index contributed by atoms with van der Waals surface area (Å²) in [5.74, 6) is 0.689. The first-order chi connectivity index (χ1) is 6.79. The average molecular weight is 190 g/mol. The van der Waals surface area contributed by atoms with E-state index in [1.54, 1.807) is 0 Å². The third-order valence-corrected chi connectivity index (χ3v) is 2.28. The number of aromatic nitrogens is 2. The molecular weight excluding hydrogens is 176 g/mol. The number of nitrogens with one attached hydrogen (secondary N) is 1. The second-order valence-corrected chi connectivity index (χ2v) is 3.40. The molecule has 2 rings (SSSR count). The van der Waals surface area contributed by atoms with Crippen LogP contribution in [0.2, 0.25) is 0 Å². The predicted molar refractivity (Wildman–Crippen MR) is 56.5 cm³/mol. The van der Waals surface area contributed by atoms with Crippen molar-refractivity contribution < 1.29 is 4.74 Å². The fraction of sp³-hybridized carbons (Fsp3) is 0.364. The van der Waals surface area contributed by atoms with Gasteiger partial charge in [0.05, 0.1) is 6.10 Å². The highest BCUT2D eigenvalue weighted by atomic mass is 16.5. The molecule has 0 aliphatic rings. The van der Waals surface area contributed by atoms with Crippen LogP contribution in [0.3, 0.4) is 0 Å². The van der Waals surface area contributed by atoms with Crippen molar-refractivity contribution in [2.45, 2.75) is 26.4 Å². The molecule has 0 radical (unpaired) electrons. The SMILES string of the molecule is CCC(C)Oc1ccc2cc[nH]c2n1. The second-order valence-electron chi connectivity index (χ2n) is 3.40. The highest BCUT2D eigenvalue weighted by molar-refractivity contribution is 5.75. The lowest BCUT2D eigenvalue weighted by Crippen LogP contribution is -2.10. The molecule has 0 aromatic carbocycles. The number of pyridine rings is 1. The van der Waals surface area contributed by atoms with E-state index in [1.807, 2.05) is 31.3 Å². The molecule has 1 unspecified atom stereocenters. The Morgan fingerprint density at radius 1 is 1.43 bits per heavy atom. The largest absolute Gasteiger partial charge is 0.475 e. The van der Waals surface area contributed by atoms with Gasteiger partial charge in [0.15, 0.2) is 0 Å². The maximum Gasteiger partial charge on any atom is 0.215 e. The Bertz CT molecular complexity index is 422. The molecule has 0 aliphatic carbocycles. The first kappa shape index (κ1) is 9.06. The number of aromatic amines is 1. The zero-order valence-electron chi connectivity index (χ0n) is 8.45. The van der Waals surface area contributed by atoms with Gasteiger partial charge in [0.25, 0.3) is 0 Å². The smallest absolute Gasteiger partial charge is 0.215 e. The molecule has 2 aromatic rings. The molecule has 3 heteroatoms. The van der Waals surface area contributed by atoms with Gasteiger partial charge in [0.1, 0.15) is 5.65 Å². The Morgan fingerprint density at radius 3 is 3.07 bits per heavy atom. The zero-order chi connectivity index (χ0) is 9.97. The normalized spacial score (nSPS) is 13.0. The van der Waals surface area contributed by atoms with Crippen LogP contribution in [0.4, 0.5) is 0 Å². The first-order valence-electron chi connectivity index (χ1n) is 4.90. The Morgan fingerprint density at radius 2 is 2.29 bits per heavy atom. The van der Waals surface area contributed by atoms with E-state index in [1.165, 1.54) is 0 Å². The van der Waals surface area contributed by atoms with Gasteiger partial charge in [0.2, 0.25) is 5.88 Å². The number of H-pyrrole nitrogens is 1. The van der Waals surface area contributed by atoms with Gasteiger partial charge in [-0.1, -0.05) is 6.92 Å². The Kier molecular flexibility index (Phi) is 2.39. The van der Waals surface area contributed by atoms with Crippen molar-refractivity contribution in [2.24, 2.45) is 0 Å². The first-order valence-corrected chi connectivity index (χ1v) is 4.90. The van der Waals surface area contributed by atoms with Gasteiger partial charge in [-0.2, -0.15) is 4.98 Å². The number of nitrogens with zero attached hydrogens (tertiary/aromatic N) is 1. The Labute approximate surface area is 83.1 Å². The van der Waals surface area contributed by atoms with Crippen molar-refractivity contribution in [1.82, 2.24) is 9.97 Å². The van der Waals surface area contributed by atoms with Gasteiger partial charge >= 0.3 is 0 Å². The fourth-order valence-corrected chi connectivity index (χ4v) is 1.27. The van der Waals surface area contributed by atoms with Crippen LogP contribution in [-0.2, 0) is 0 Å². The van der Waals surface area contributed by atoms with Crippen molar-refractivity contribution in [1.29, 1.82) is 0 Å². The average Bonchev–Trinajstić information content (AvgIpc) is 2.64. The van der Waals surface area contributed by atoms with Crippen LogP contribution in [0.25, 0.3) is 11.0 Å². The van der Waals surface area contributed by atoms with Crippen LogP contribution in [0, 0.1) is 0 Å². The van der Waals surface area contributed by atoms with Crippen LogP contribution < -0.4 is 4.74 Å². The summed E-state index contributed by atoms with van der Waals surface area (Å²) in [6, 6.07) is 5.91. The summed E-state index contributed by atoms with van der Waals surface area (Å²) < 4.78 is 5.61. The van der Waals surface area contributed by atoms with Crippen molar-refractivity contribution in [2.75, 3.05) is 0 Å². The Hall–Kier alpha value is -1.51. The molecule has 0 bridgehead atoms. The molecule has 3 nitrogen and oxygen atoms in total. The lowest BCUT2D eigenvalue weighted by molar-refractivity contribution is 0.209. The van der Waals surface area contributed by atoms with E-state index < -0.39 is 0 Å². The standard InChI is InChI=1S/C11H14N2O/c1-3-8(2)14-10-5-4-9-6-7-12-11(9)13-10/h4-8H,3H2,1-2H3,(H,12,13).